The van der Waals surface area contributed by atoms with E-state index in [9.17, 15) is 29.1 Å². The molecule has 1 N–H and O–H groups in total. The van der Waals surface area contributed by atoms with Crippen LogP contribution in [-0.2, 0) is 22.7 Å². The van der Waals surface area contributed by atoms with Gasteiger partial charge in [0.2, 0.25) is 5.88 Å². The first kappa shape index (κ1) is 25.8. The molecule has 1 saturated heterocycles. The van der Waals surface area contributed by atoms with Gasteiger partial charge in [0.25, 0.3) is 17.4 Å². The Bertz CT molecular complexity index is 1070. The van der Waals surface area contributed by atoms with Gasteiger partial charge in [0.05, 0.1) is 0 Å². The molecule has 0 bridgehead atoms. The predicted octanol–water partition coefficient (Wildman–Crippen LogP) is 2.09. The molecule has 1 aromatic rings. The van der Waals surface area contributed by atoms with Crippen LogP contribution in [0.5, 0.6) is 5.88 Å². The van der Waals surface area contributed by atoms with E-state index in [2.05, 4.69) is 0 Å². The maximum absolute atomic E-state index is 12.8. The van der Waals surface area contributed by atoms with Crippen LogP contribution in [-0.4, -0.2) is 55.0 Å². The highest BCUT2D eigenvalue weighted by Crippen LogP contribution is 2.19. The number of imide groups is 2. The van der Waals surface area contributed by atoms with Crippen LogP contribution in [0, 0.1) is 0 Å². The summed E-state index contributed by atoms with van der Waals surface area (Å²) in [5.41, 5.74) is -1.56. The van der Waals surface area contributed by atoms with Crippen LogP contribution in [0.1, 0.15) is 58.9 Å². The van der Waals surface area contributed by atoms with E-state index >= 15 is 0 Å². The monoisotopic (exact) mass is 460 g/mol. The highest BCUT2D eigenvalue weighted by Gasteiger charge is 2.40. The number of aromatic hydroxyl groups is 1. The number of aromatic nitrogens is 2. The van der Waals surface area contributed by atoms with Crippen molar-refractivity contribution in [2.24, 2.45) is 0 Å². The van der Waals surface area contributed by atoms with Crippen LogP contribution in [0.2, 0.25) is 0 Å². The molecule has 4 amide bonds. The number of hydrogen-bond donors (Lipinski definition) is 1. The number of amides is 4. The Kier molecular flexibility index (Phi) is 8.95. The number of carbonyl (C=O) groups excluding carboxylic acids is 3. The van der Waals surface area contributed by atoms with Crippen molar-refractivity contribution in [2.45, 2.75) is 66.5 Å². The number of barbiturate groups is 1. The average Bonchev–Trinajstić information content (AvgIpc) is 2.79. The number of rotatable bonds is 10. The van der Waals surface area contributed by atoms with E-state index in [4.69, 9.17) is 0 Å². The Labute approximate surface area is 192 Å². The molecule has 0 unspecified atom stereocenters. The summed E-state index contributed by atoms with van der Waals surface area (Å²) in [5.74, 6) is -1.87. The largest absolute Gasteiger partial charge is 0.494 e. The Hall–Kier alpha value is -3.43. The summed E-state index contributed by atoms with van der Waals surface area (Å²) in [5, 5.41) is 10.6. The van der Waals surface area contributed by atoms with Crippen molar-refractivity contribution >= 4 is 23.9 Å². The number of urea groups is 1. The highest BCUT2D eigenvalue weighted by atomic mass is 16.3. The molecular weight excluding hydrogens is 428 g/mol. The second kappa shape index (κ2) is 11.4. The topological polar surface area (TPSA) is 122 Å². The van der Waals surface area contributed by atoms with Crippen molar-refractivity contribution in [1.29, 1.82) is 0 Å². The quantitative estimate of drug-likeness (QED) is 0.421. The summed E-state index contributed by atoms with van der Waals surface area (Å²) in [7, 11) is 0. The van der Waals surface area contributed by atoms with Gasteiger partial charge in [0, 0.05) is 26.2 Å². The van der Waals surface area contributed by atoms with E-state index in [1.54, 1.807) is 0 Å². The van der Waals surface area contributed by atoms with Gasteiger partial charge in [-0.2, -0.15) is 0 Å². The lowest BCUT2D eigenvalue weighted by molar-refractivity contribution is -0.135. The molecule has 1 fully saturated rings. The molecule has 10 heteroatoms. The zero-order chi connectivity index (χ0) is 24.7. The predicted molar refractivity (Wildman–Crippen MR) is 124 cm³/mol. The molecular formula is C23H32N4O6. The number of carbonyl (C=O) groups is 3. The van der Waals surface area contributed by atoms with Crippen molar-refractivity contribution in [3.63, 3.8) is 0 Å². The van der Waals surface area contributed by atoms with Gasteiger partial charge >= 0.3 is 11.7 Å². The molecule has 0 radical (unpaired) electrons. The third kappa shape index (κ3) is 5.15. The van der Waals surface area contributed by atoms with Crippen LogP contribution < -0.4 is 11.2 Å². The molecule has 2 rings (SSSR count). The normalized spacial score (nSPS) is 14.7. The summed E-state index contributed by atoms with van der Waals surface area (Å²) in [4.78, 5) is 65.5. The van der Waals surface area contributed by atoms with Crippen LogP contribution in [0.15, 0.2) is 27.3 Å². The fourth-order valence-corrected chi connectivity index (χ4v) is 3.63. The van der Waals surface area contributed by atoms with Crippen molar-refractivity contribution in [3.8, 4) is 5.88 Å². The number of nitrogens with zero attached hydrogens (tertiary/aromatic N) is 4. The molecule has 0 aromatic carbocycles. The molecule has 0 spiro atoms. The van der Waals surface area contributed by atoms with Crippen LogP contribution in [0.4, 0.5) is 4.79 Å². The van der Waals surface area contributed by atoms with Gasteiger partial charge in [-0.3, -0.25) is 33.3 Å². The van der Waals surface area contributed by atoms with E-state index in [-0.39, 0.29) is 37.3 Å². The lowest BCUT2D eigenvalue weighted by Crippen LogP contribution is -2.56. The number of hydrogen-bond acceptors (Lipinski definition) is 6. The van der Waals surface area contributed by atoms with E-state index < -0.39 is 35.0 Å². The maximum atomic E-state index is 12.8. The zero-order valence-corrected chi connectivity index (χ0v) is 19.7. The molecule has 10 nitrogen and oxygen atoms in total. The van der Waals surface area contributed by atoms with Gasteiger partial charge in [-0.25, -0.2) is 9.59 Å². The smallest absolute Gasteiger partial charge is 0.333 e. The molecule has 0 saturated carbocycles. The summed E-state index contributed by atoms with van der Waals surface area (Å²) in [6.07, 6.45) is 6.02. The van der Waals surface area contributed by atoms with Gasteiger partial charge in [0.15, 0.2) is 0 Å². The maximum Gasteiger partial charge on any atom is 0.333 e. The van der Waals surface area contributed by atoms with Gasteiger partial charge in [-0.1, -0.05) is 33.8 Å². The summed E-state index contributed by atoms with van der Waals surface area (Å²) >= 11 is 0. The summed E-state index contributed by atoms with van der Waals surface area (Å²) in [6.45, 7) is 8.09. The first-order valence-corrected chi connectivity index (χ1v) is 11.4. The van der Waals surface area contributed by atoms with Crippen LogP contribution in [0.25, 0.3) is 6.08 Å². The third-order valence-corrected chi connectivity index (χ3v) is 5.16. The Morgan fingerprint density at radius 3 is 1.70 bits per heavy atom. The Morgan fingerprint density at radius 2 is 1.21 bits per heavy atom. The van der Waals surface area contributed by atoms with E-state index in [1.165, 1.54) is 18.2 Å². The van der Waals surface area contributed by atoms with E-state index in [0.717, 1.165) is 18.9 Å². The molecule has 180 valence electrons. The summed E-state index contributed by atoms with van der Waals surface area (Å²) in [6, 6.07) is -0.637. The lowest BCUT2D eigenvalue weighted by Gasteiger charge is -2.33. The first-order chi connectivity index (χ1) is 15.7. The fraction of sp³-hybridized carbons (Fsp3) is 0.522. The number of allylic oxidation sites excluding steroid dienone is 2. The van der Waals surface area contributed by atoms with Gasteiger partial charge in [0.1, 0.15) is 11.1 Å². The van der Waals surface area contributed by atoms with E-state index in [1.807, 2.05) is 27.7 Å². The minimum absolute atomic E-state index is 0.115. The average molecular weight is 461 g/mol. The van der Waals surface area contributed by atoms with E-state index in [0.29, 0.717) is 25.7 Å². The minimum Gasteiger partial charge on any atom is -0.494 e. The Morgan fingerprint density at radius 1 is 0.727 bits per heavy atom. The second-order valence-electron chi connectivity index (χ2n) is 7.76. The minimum atomic E-state index is -0.701. The first-order valence-electron chi connectivity index (χ1n) is 11.4. The van der Waals surface area contributed by atoms with Gasteiger partial charge in [-0.05, 0) is 37.8 Å². The summed E-state index contributed by atoms with van der Waals surface area (Å²) < 4.78 is 2.19. The zero-order valence-electron chi connectivity index (χ0n) is 19.7. The van der Waals surface area contributed by atoms with Crippen molar-refractivity contribution in [2.75, 3.05) is 13.1 Å². The Balaban J connectivity index is 2.55. The van der Waals surface area contributed by atoms with Crippen molar-refractivity contribution < 1.29 is 19.5 Å². The standard InChI is InChI=1S/C23H32N4O6/c1-5-12-24-18(28)16(19(29)25(13-6-2)22(24)32)10-9-11-17-20(30)26(14-7-3)23(33)27(15-8-4)21(17)31/h9-11,28H,5-8,12-15H2,1-4H3/b10-9+. The lowest BCUT2D eigenvalue weighted by atomic mass is 10.1. The third-order valence-electron chi connectivity index (χ3n) is 5.16. The SMILES string of the molecule is CCCN1C(=O)C(=C/C=C/c2c(O)n(CCC)c(=O)n(CCC)c2=O)C(=O)N(CCC)C1=O. The van der Waals surface area contributed by atoms with Crippen molar-refractivity contribution in [3.05, 3.63) is 44.1 Å². The molecule has 1 aromatic heterocycles. The second-order valence-corrected chi connectivity index (χ2v) is 7.76. The molecule has 1 aliphatic heterocycles. The highest BCUT2D eigenvalue weighted by molar-refractivity contribution is 6.28. The van der Waals surface area contributed by atoms with Crippen LogP contribution in [0.3, 0.4) is 0 Å². The molecule has 1 aliphatic rings. The molecule has 2 heterocycles. The molecule has 33 heavy (non-hydrogen) atoms. The van der Waals surface area contributed by atoms with Crippen molar-refractivity contribution in [1.82, 2.24) is 18.9 Å². The van der Waals surface area contributed by atoms with Gasteiger partial charge < -0.3 is 5.11 Å². The molecule has 0 atom stereocenters. The fourth-order valence-electron chi connectivity index (χ4n) is 3.63. The molecule has 0 aliphatic carbocycles. The van der Waals surface area contributed by atoms with Crippen LogP contribution >= 0.6 is 0 Å². The van der Waals surface area contributed by atoms with Gasteiger partial charge in [-0.15, -0.1) is 0 Å².